The van der Waals surface area contributed by atoms with Crippen LogP contribution in [-0.2, 0) is 29.5 Å². The lowest BCUT2D eigenvalue weighted by atomic mass is 9.84. The lowest BCUT2D eigenvalue weighted by Gasteiger charge is -2.37. The average Bonchev–Trinajstić information content (AvgIpc) is 3.03. The number of rotatable bonds is 6. The SMILES string of the molecule is COC(=O)C(C)(C)NC(=O)C1(NC(=O)C(C)(C)NC(C)=O)c2ccccc2-c2ccccc21. The van der Waals surface area contributed by atoms with Crippen LogP contribution in [0.25, 0.3) is 11.1 Å². The molecule has 1 aliphatic carbocycles. The molecule has 3 rings (SSSR count). The Labute approximate surface area is 193 Å². The van der Waals surface area contributed by atoms with Gasteiger partial charge < -0.3 is 20.7 Å². The molecule has 0 radical (unpaired) electrons. The Morgan fingerprint density at radius 2 is 1.27 bits per heavy atom. The number of nitrogens with one attached hydrogen (secondary N) is 3. The first kappa shape index (κ1) is 24.0. The molecular weight excluding hydrogens is 422 g/mol. The maximum atomic E-state index is 14.0. The quantitative estimate of drug-likeness (QED) is 0.582. The van der Waals surface area contributed by atoms with Gasteiger partial charge in [0.1, 0.15) is 11.1 Å². The highest BCUT2D eigenvalue weighted by Crippen LogP contribution is 2.48. The Morgan fingerprint density at radius 1 is 0.788 bits per heavy atom. The van der Waals surface area contributed by atoms with Crippen molar-refractivity contribution in [1.29, 1.82) is 0 Å². The summed E-state index contributed by atoms with van der Waals surface area (Å²) in [4.78, 5) is 51.4. The summed E-state index contributed by atoms with van der Waals surface area (Å²) in [6.45, 7) is 7.48. The maximum Gasteiger partial charge on any atom is 0.330 e. The number of hydrogen-bond acceptors (Lipinski definition) is 5. The summed E-state index contributed by atoms with van der Waals surface area (Å²) in [5.74, 6) is -2.17. The van der Waals surface area contributed by atoms with E-state index in [1.54, 1.807) is 38.1 Å². The van der Waals surface area contributed by atoms with Crippen LogP contribution >= 0.6 is 0 Å². The Bertz CT molecular complexity index is 1090. The van der Waals surface area contributed by atoms with Crippen molar-refractivity contribution in [3.63, 3.8) is 0 Å². The van der Waals surface area contributed by atoms with Crippen molar-refractivity contribution in [2.24, 2.45) is 0 Å². The van der Waals surface area contributed by atoms with Crippen molar-refractivity contribution in [3.05, 3.63) is 59.7 Å². The Kier molecular flexibility index (Phi) is 6.06. The molecule has 3 N–H and O–H groups in total. The van der Waals surface area contributed by atoms with Crippen LogP contribution in [0.15, 0.2) is 48.5 Å². The first-order valence-electron chi connectivity index (χ1n) is 10.6. The van der Waals surface area contributed by atoms with Crippen molar-refractivity contribution < 1.29 is 23.9 Å². The molecule has 33 heavy (non-hydrogen) atoms. The van der Waals surface area contributed by atoms with Crippen molar-refractivity contribution in [3.8, 4) is 11.1 Å². The molecule has 2 aromatic rings. The molecule has 0 heterocycles. The highest BCUT2D eigenvalue weighted by atomic mass is 16.5. The second-order valence-electron chi connectivity index (χ2n) is 9.17. The number of ether oxygens (including phenoxy) is 1. The summed E-state index contributed by atoms with van der Waals surface area (Å²) in [6.07, 6.45) is 0. The van der Waals surface area contributed by atoms with E-state index in [1.165, 1.54) is 27.9 Å². The lowest BCUT2D eigenvalue weighted by molar-refractivity contribution is -0.150. The normalized spacial score (nSPS) is 13.9. The third kappa shape index (κ3) is 4.08. The van der Waals surface area contributed by atoms with Gasteiger partial charge in [0, 0.05) is 6.92 Å². The molecule has 0 aliphatic heterocycles. The highest BCUT2D eigenvalue weighted by Gasteiger charge is 2.53. The first-order valence-corrected chi connectivity index (χ1v) is 10.6. The van der Waals surface area contributed by atoms with Crippen LogP contribution in [0.4, 0.5) is 0 Å². The zero-order chi connectivity index (χ0) is 24.6. The van der Waals surface area contributed by atoms with E-state index in [4.69, 9.17) is 4.74 Å². The fraction of sp³-hybridized carbons (Fsp3) is 0.360. The Morgan fingerprint density at radius 3 is 1.73 bits per heavy atom. The largest absolute Gasteiger partial charge is 0.467 e. The molecule has 8 heteroatoms. The summed E-state index contributed by atoms with van der Waals surface area (Å²) in [5.41, 5.74) is -1.58. The third-order valence-corrected chi connectivity index (χ3v) is 5.77. The number of carbonyl (C=O) groups excluding carboxylic acids is 4. The predicted octanol–water partition coefficient (Wildman–Crippen LogP) is 2.01. The van der Waals surface area contributed by atoms with Crippen LogP contribution in [0, 0.1) is 0 Å². The molecule has 0 aromatic heterocycles. The molecule has 8 nitrogen and oxygen atoms in total. The molecule has 0 bridgehead atoms. The van der Waals surface area contributed by atoms with Crippen molar-refractivity contribution in [2.75, 3.05) is 7.11 Å². The van der Waals surface area contributed by atoms with Crippen LogP contribution in [0.3, 0.4) is 0 Å². The van der Waals surface area contributed by atoms with E-state index in [0.717, 1.165) is 11.1 Å². The summed E-state index contributed by atoms with van der Waals surface area (Å²) in [6, 6.07) is 14.6. The smallest absolute Gasteiger partial charge is 0.330 e. The fourth-order valence-electron chi connectivity index (χ4n) is 4.18. The summed E-state index contributed by atoms with van der Waals surface area (Å²) >= 11 is 0. The van der Waals surface area contributed by atoms with E-state index < -0.39 is 34.4 Å². The average molecular weight is 452 g/mol. The van der Waals surface area contributed by atoms with Gasteiger partial charge in [-0.15, -0.1) is 0 Å². The molecule has 3 amide bonds. The van der Waals surface area contributed by atoms with Gasteiger partial charge in [-0.2, -0.15) is 0 Å². The number of fused-ring (bicyclic) bond motifs is 3. The van der Waals surface area contributed by atoms with E-state index in [2.05, 4.69) is 16.0 Å². The van der Waals surface area contributed by atoms with E-state index >= 15 is 0 Å². The minimum Gasteiger partial charge on any atom is -0.467 e. The summed E-state index contributed by atoms with van der Waals surface area (Å²) in [7, 11) is 1.24. The molecular formula is C25H29N3O5. The van der Waals surface area contributed by atoms with Crippen LogP contribution in [0.5, 0.6) is 0 Å². The fourth-order valence-corrected chi connectivity index (χ4v) is 4.18. The second-order valence-corrected chi connectivity index (χ2v) is 9.17. The number of benzene rings is 2. The van der Waals surface area contributed by atoms with Gasteiger partial charge >= 0.3 is 5.97 Å². The molecule has 0 saturated heterocycles. The minimum atomic E-state index is -1.63. The van der Waals surface area contributed by atoms with Gasteiger partial charge in [0.2, 0.25) is 11.8 Å². The van der Waals surface area contributed by atoms with Gasteiger partial charge in [0.15, 0.2) is 5.54 Å². The summed E-state index contributed by atoms with van der Waals surface area (Å²) in [5, 5.41) is 8.28. The van der Waals surface area contributed by atoms with Gasteiger partial charge in [-0.3, -0.25) is 14.4 Å². The van der Waals surface area contributed by atoms with E-state index in [9.17, 15) is 19.2 Å². The molecule has 0 spiro atoms. The van der Waals surface area contributed by atoms with Gasteiger partial charge in [0.05, 0.1) is 7.11 Å². The van der Waals surface area contributed by atoms with E-state index in [1.807, 2.05) is 24.3 Å². The molecule has 0 fully saturated rings. The molecule has 174 valence electrons. The van der Waals surface area contributed by atoms with Crippen LogP contribution < -0.4 is 16.0 Å². The van der Waals surface area contributed by atoms with Crippen molar-refractivity contribution >= 4 is 23.7 Å². The standard InChI is InChI=1S/C25H29N3O5/c1-15(29)26-23(2,3)20(30)28-25(21(31)27-24(4,5)22(32)33-6)18-13-9-7-11-16(18)17-12-8-10-14-19(17)25/h7-14H,1-6H3,(H,26,29)(H,27,31)(H,28,30). The van der Waals surface area contributed by atoms with Gasteiger partial charge in [0.25, 0.3) is 5.91 Å². The van der Waals surface area contributed by atoms with Crippen LogP contribution in [0.2, 0.25) is 0 Å². The van der Waals surface area contributed by atoms with E-state index in [0.29, 0.717) is 11.1 Å². The van der Waals surface area contributed by atoms with Gasteiger partial charge in [-0.1, -0.05) is 48.5 Å². The van der Waals surface area contributed by atoms with Crippen molar-refractivity contribution in [2.45, 2.75) is 51.2 Å². The Balaban J connectivity index is 2.21. The molecule has 0 atom stereocenters. The first-order chi connectivity index (χ1) is 15.4. The monoisotopic (exact) mass is 451 g/mol. The molecule has 0 saturated carbocycles. The van der Waals surface area contributed by atoms with Gasteiger partial charge in [-0.25, -0.2) is 4.79 Å². The number of amides is 3. The number of methoxy groups -OCH3 is 1. The molecule has 2 aromatic carbocycles. The minimum absolute atomic E-state index is 0.382. The van der Waals surface area contributed by atoms with Gasteiger partial charge in [-0.05, 0) is 49.9 Å². The lowest BCUT2D eigenvalue weighted by Crippen LogP contribution is -2.65. The third-order valence-electron chi connectivity index (χ3n) is 5.77. The zero-order valence-electron chi connectivity index (χ0n) is 19.7. The summed E-state index contributed by atoms with van der Waals surface area (Å²) < 4.78 is 4.84. The molecule has 0 unspecified atom stereocenters. The highest BCUT2D eigenvalue weighted by molar-refractivity contribution is 6.05. The maximum absolute atomic E-state index is 14.0. The second kappa shape index (κ2) is 8.35. The topological polar surface area (TPSA) is 114 Å². The predicted molar refractivity (Wildman–Crippen MR) is 123 cm³/mol. The number of esters is 1. The zero-order valence-corrected chi connectivity index (χ0v) is 19.7. The van der Waals surface area contributed by atoms with Crippen LogP contribution in [0.1, 0.15) is 45.7 Å². The van der Waals surface area contributed by atoms with Crippen molar-refractivity contribution in [1.82, 2.24) is 16.0 Å². The number of hydrogen-bond donors (Lipinski definition) is 3. The molecule has 1 aliphatic rings. The van der Waals surface area contributed by atoms with Crippen LogP contribution in [-0.4, -0.2) is 41.9 Å². The number of carbonyl (C=O) groups is 4. The Hall–Kier alpha value is -3.68. The van der Waals surface area contributed by atoms with E-state index in [-0.39, 0.29) is 5.91 Å².